The van der Waals surface area contributed by atoms with E-state index in [9.17, 15) is 4.79 Å². The van der Waals surface area contributed by atoms with Gasteiger partial charge >= 0.3 is 0 Å². The second kappa shape index (κ2) is 11.3. The van der Waals surface area contributed by atoms with E-state index in [1.807, 2.05) is 78.2 Å². The molecule has 0 fully saturated rings. The number of nitrogens with one attached hydrogen (secondary N) is 1. The molecule has 0 aliphatic carbocycles. The lowest BCUT2D eigenvalue weighted by molar-refractivity contribution is -0.121. The molecule has 6 nitrogen and oxygen atoms in total. The van der Waals surface area contributed by atoms with E-state index >= 15 is 0 Å². The van der Waals surface area contributed by atoms with Crippen LogP contribution in [0, 0.1) is 0 Å². The van der Waals surface area contributed by atoms with Crippen LogP contribution in [0.3, 0.4) is 0 Å². The second-order valence-corrected chi connectivity index (χ2v) is 8.35. The molecule has 3 aromatic carbocycles. The van der Waals surface area contributed by atoms with Gasteiger partial charge in [0, 0.05) is 23.1 Å². The van der Waals surface area contributed by atoms with Gasteiger partial charge in [-0.05, 0) is 35.9 Å². The fraction of sp³-hybridized carbons (Fsp3) is 0.185. The lowest BCUT2D eigenvalue weighted by Gasteiger charge is -2.08. The Bertz CT molecular complexity index is 1220. The maximum atomic E-state index is 12.1. The van der Waals surface area contributed by atoms with Crippen molar-refractivity contribution in [1.29, 1.82) is 0 Å². The number of thiazole rings is 1. The van der Waals surface area contributed by atoms with E-state index in [1.54, 1.807) is 25.6 Å². The fourth-order valence-corrected chi connectivity index (χ4v) is 4.20. The summed E-state index contributed by atoms with van der Waals surface area (Å²) in [5.74, 6) is 2.09. The molecule has 0 saturated carbocycles. The van der Waals surface area contributed by atoms with Crippen molar-refractivity contribution < 1.29 is 19.0 Å². The van der Waals surface area contributed by atoms with Gasteiger partial charge in [-0.25, -0.2) is 4.98 Å². The highest BCUT2D eigenvalue weighted by Gasteiger charge is 2.11. The molecule has 1 heterocycles. The summed E-state index contributed by atoms with van der Waals surface area (Å²) in [4.78, 5) is 16.9. The van der Waals surface area contributed by atoms with Gasteiger partial charge in [0.25, 0.3) is 0 Å². The van der Waals surface area contributed by atoms with E-state index in [0.717, 1.165) is 33.1 Å². The normalized spacial score (nSPS) is 10.5. The first-order chi connectivity index (χ1) is 16.7. The molecule has 34 heavy (non-hydrogen) atoms. The van der Waals surface area contributed by atoms with Gasteiger partial charge in [0.2, 0.25) is 5.91 Å². The first kappa shape index (κ1) is 23.3. The first-order valence-corrected chi connectivity index (χ1v) is 11.8. The smallest absolute Gasteiger partial charge is 0.223 e. The molecule has 0 aliphatic heterocycles. The Balaban J connectivity index is 1.31. The summed E-state index contributed by atoms with van der Waals surface area (Å²) in [7, 11) is 3.24. The van der Waals surface area contributed by atoms with Gasteiger partial charge in [-0.2, -0.15) is 0 Å². The zero-order valence-electron chi connectivity index (χ0n) is 19.1. The van der Waals surface area contributed by atoms with E-state index in [1.165, 1.54) is 0 Å². The zero-order valence-corrected chi connectivity index (χ0v) is 19.9. The molecule has 7 heteroatoms. The number of amides is 1. The first-order valence-electron chi connectivity index (χ1n) is 10.9. The van der Waals surface area contributed by atoms with E-state index in [-0.39, 0.29) is 5.91 Å². The number of para-hydroxylation sites is 1. The predicted octanol–water partition coefficient (Wildman–Crippen LogP) is 5.58. The SMILES string of the molecule is COc1ccc(-c2csc(-c3ccc(CNC(=O)CCOc4ccccc4)cc3)n2)cc1OC. The van der Waals surface area contributed by atoms with Gasteiger partial charge in [0.05, 0.1) is 32.9 Å². The van der Waals surface area contributed by atoms with Gasteiger partial charge in [-0.1, -0.05) is 42.5 Å². The van der Waals surface area contributed by atoms with Crippen molar-refractivity contribution in [2.75, 3.05) is 20.8 Å². The number of carbonyl (C=O) groups is 1. The highest BCUT2D eigenvalue weighted by Crippen LogP contribution is 2.34. The highest BCUT2D eigenvalue weighted by molar-refractivity contribution is 7.13. The van der Waals surface area contributed by atoms with Crippen LogP contribution in [-0.2, 0) is 11.3 Å². The number of ether oxygens (including phenoxy) is 3. The highest BCUT2D eigenvalue weighted by atomic mass is 32.1. The third kappa shape index (κ3) is 5.94. The Morgan fingerprint density at radius 3 is 2.38 bits per heavy atom. The molecule has 0 unspecified atom stereocenters. The van der Waals surface area contributed by atoms with Crippen LogP contribution in [0.25, 0.3) is 21.8 Å². The van der Waals surface area contributed by atoms with Crippen LogP contribution >= 0.6 is 11.3 Å². The molecule has 0 radical (unpaired) electrons. The summed E-state index contributed by atoms with van der Waals surface area (Å²) in [6.07, 6.45) is 0.311. The number of hydrogen-bond donors (Lipinski definition) is 1. The molecular formula is C27H26N2O4S. The van der Waals surface area contributed by atoms with Crippen molar-refractivity contribution in [3.63, 3.8) is 0 Å². The number of nitrogens with zero attached hydrogens (tertiary/aromatic N) is 1. The van der Waals surface area contributed by atoms with E-state index in [2.05, 4.69) is 5.32 Å². The summed E-state index contributed by atoms with van der Waals surface area (Å²) in [5.41, 5.74) is 3.91. The molecule has 4 rings (SSSR count). The minimum atomic E-state index is -0.0421. The molecular weight excluding hydrogens is 448 g/mol. The van der Waals surface area contributed by atoms with Crippen molar-refractivity contribution in [3.05, 3.63) is 83.7 Å². The quantitative estimate of drug-likeness (QED) is 0.325. The molecule has 1 N–H and O–H groups in total. The predicted molar refractivity (Wildman–Crippen MR) is 134 cm³/mol. The molecule has 0 bridgehead atoms. The second-order valence-electron chi connectivity index (χ2n) is 7.49. The largest absolute Gasteiger partial charge is 0.493 e. The van der Waals surface area contributed by atoms with Gasteiger partial charge in [0.15, 0.2) is 11.5 Å². The number of methoxy groups -OCH3 is 2. The maximum Gasteiger partial charge on any atom is 0.223 e. The van der Waals surface area contributed by atoms with Crippen molar-refractivity contribution in [1.82, 2.24) is 10.3 Å². The average Bonchev–Trinajstić information content (AvgIpc) is 3.38. The third-order valence-electron chi connectivity index (χ3n) is 5.22. The molecule has 0 spiro atoms. The summed E-state index contributed by atoms with van der Waals surface area (Å²) >= 11 is 1.59. The molecule has 4 aromatic rings. The van der Waals surface area contributed by atoms with Crippen LogP contribution in [0.4, 0.5) is 0 Å². The van der Waals surface area contributed by atoms with Crippen LogP contribution in [0.2, 0.25) is 0 Å². The lowest BCUT2D eigenvalue weighted by atomic mass is 10.1. The van der Waals surface area contributed by atoms with Crippen LogP contribution in [0.1, 0.15) is 12.0 Å². The standard InChI is InChI=1S/C27H26N2O4S/c1-31-24-13-12-21(16-25(24)32-2)23-18-34-27(29-23)20-10-8-19(9-11-20)17-28-26(30)14-15-33-22-6-4-3-5-7-22/h3-13,16,18H,14-15,17H2,1-2H3,(H,28,30). The molecule has 174 valence electrons. The minimum Gasteiger partial charge on any atom is -0.493 e. The van der Waals surface area contributed by atoms with Crippen LogP contribution < -0.4 is 19.5 Å². The Morgan fingerprint density at radius 1 is 0.912 bits per heavy atom. The lowest BCUT2D eigenvalue weighted by Crippen LogP contribution is -2.24. The van der Waals surface area contributed by atoms with Crippen LogP contribution in [0.5, 0.6) is 17.2 Å². The van der Waals surface area contributed by atoms with Gasteiger partial charge in [-0.3, -0.25) is 4.79 Å². The van der Waals surface area contributed by atoms with Gasteiger partial charge < -0.3 is 19.5 Å². The number of rotatable bonds is 10. The molecule has 0 atom stereocenters. The Kier molecular flexibility index (Phi) is 7.78. The minimum absolute atomic E-state index is 0.0421. The van der Waals surface area contributed by atoms with Crippen molar-refractivity contribution in [3.8, 4) is 39.1 Å². The average molecular weight is 475 g/mol. The number of hydrogen-bond acceptors (Lipinski definition) is 6. The monoisotopic (exact) mass is 474 g/mol. The van der Waals surface area contributed by atoms with Gasteiger partial charge in [0.1, 0.15) is 10.8 Å². The summed E-state index contributed by atoms with van der Waals surface area (Å²) in [6.45, 7) is 0.820. The van der Waals surface area contributed by atoms with E-state index in [0.29, 0.717) is 31.1 Å². The number of benzene rings is 3. The summed E-state index contributed by atoms with van der Waals surface area (Å²) < 4.78 is 16.3. The summed E-state index contributed by atoms with van der Waals surface area (Å²) in [6, 6.07) is 23.3. The zero-order chi connectivity index (χ0) is 23.8. The van der Waals surface area contributed by atoms with Crippen molar-refractivity contribution in [2.45, 2.75) is 13.0 Å². The van der Waals surface area contributed by atoms with Crippen LogP contribution in [0.15, 0.2) is 78.2 Å². The maximum absolute atomic E-state index is 12.1. The molecule has 0 aliphatic rings. The van der Waals surface area contributed by atoms with E-state index < -0.39 is 0 Å². The van der Waals surface area contributed by atoms with E-state index in [4.69, 9.17) is 19.2 Å². The molecule has 1 aromatic heterocycles. The topological polar surface area (TPSA) is 69.7 Å². The van der Waals surface area contributed by atoms with Crippen molar-refractivity contribution in [2.24, 2.45) is 0 Å². The Labute approximate surface area is 203 Å². The van der Waals surface area contributed by atoms with Crippen LogP contribution in [-0.4, -0.2) is 31.7 Å². The summed E-state index contributed by atoms with van der Waals surface area (Å²) in [5, 5.41) is 5.90. The number of aromatic nitrogens is 1. The fourth-order valence-electron chi connectivity index (χ4n) is 3.37. The Morgan fingerprint density at radius 2 is 1.65 bits per heavy atom. The molecule has 1 amide bonds. The van der Waals surface area contributed by atoms with Gasteiger partial charge in [-0.15, -0.1) is 11.3 Å². The third-order valence-corrected chi connectivity index (χ3v) is 6.11. The number of carbonyl (C=O) groups excluding carboxylic acids is 1. The Hall–Kier alpha value is -3.84. The van der Waals surface area contributed by atoms with Crippen molar-refractivity contribution >= 4 is 17.2 Å². The molecule has 0 saturated heterocycles.